The number of nitrogen functional groups attached to an aromatic ring is 1. The van der Waals surface area contributed by atoms with E-state index in [9.17, 15) is 0 Å². The van der Waals surface area contributed by atoms with Crippen LogP contribution >= 0.6 is 0 Å². The number of rotatable bonds is 4. The van der Waals surface area contributed by atoms with Crippen LogP contribution in [0, 0.1) is 0 Å². The molecular weight excluding hydrogens is 216 g/mol. The predicted molar refractivity (Wildman–Crippen MR) is 67.9 cm³/mol. The van der Waals surface area contributed by atoms with Gasteiger partial charge in [0, 0.05) is 12.2 Å². The minimum Gasteiger partial charge on any atom is -0.383 e. The smallest absolute Gasteiger partial charge is 0.135 e. The second kappa shape index (κ2) is 4.87. The van der Waals surface area contributed by atoms with Crippen LogP contribution in [0.3, 0.4) is 0 Å². The third-order valence-corrected chi connectivity index (χ3v) is 3.12. The van der Waals surface area contributed by atoms with E-state index < -0.39 is 0 Å². The molecule has 1 atom stereocenters. The van der Waals surface area contributed by atoms with Crippen molar-refractivity contribution in [1.29, 1.82) is 0 Å². The van der Waals surface area contributed by atoms with Crippen LogP contribution in [-0.2, 0) is 11.2 Å². The normalized spacial score (nSPS) is 23.9. The molecule has 17 heavy (non-hydrogen) atoms. The summed E-state index contributed by atoms with van der Waals surface area (Å²) in [6, 6.07) is 0. The topological polar surface area (TPSA) is 73.1 Å². The van der Waals surface area contributed by atoms with Crippen molar-refractivity contribution in [3.05, 3.63) is 11.9 Å². The van der Waals surface area contributed by atoms with Gasteiger partial charge in [-0.05, 0) is 19.8 Å². The molecule has 2 rings (SSSR count). The first-order chi connectivity index (χ1) is 8.14. The van der Waals surface area contributed by atoms with Crippen LogP contribution in [-0.4, -0.2) is 28.7 Å². The van der Waals surface area contributed by atoms with Crippen molar-refractivity contribution < 1.29 is 4.74 Å². The summed E-state index contributed by atoms with van der Waals surface area (Å²) in [4.78, 5) is 8.36. The molecule has 1 aliphatic heterocycles. The van der Waals surface area contributed by atoms with Gasteiger partial charge in [0.2, 0.25) is 0 Å². The molecule has 0 amide bonds. The fraction of sp³-hybridized carbons (Fsp3) is 0.667. The fourth-order valence-corrected chi connectivity index (χ4v) is 2.08. The first kappa shape index (κ1) is 12.1. The lowest BCUT2D eigenvalue weighted by Gasteiger charge is -2.25. The van der Waals surface area contributed by atoms with Gasteiger partial charge >= 0.3 is 0 Å². The largest absolute Gasteiger partial charge is 0.383 e. The summed E-state index contributed by atoms with van der Waals surface area (Å²) in [6.07, 6.45) is 4.42. The van der Waals surface area contributed by atoms with Gasteiger partial charge in [0.1, 0.15) is 18.0 Å². The van der Waals surface area contributed by atoms with Crippen LogP contribution in [0.5, 0.6) is 0 Å². The maximum atomic E-state index is 5.90. The van der Waals surface area contributed by atoms with Gasteiger partial charge < -0.3 is 15.8 Å². The molecular formula is C12H20N4O. The molecule has 3 N–H and O–H groups in total. The second-order valence-corrected chi connectivity index (χ2v) is 4.82. The van der Waals surface area contributed by atoms with E-state index in [4.69, 9.17) is 10.5 Å². The third kappa shape index (κ3) is 2.66. The molecule has 0 aliphatic carbocycles. The van der Waals surface area contributed by atoms with Crippen LogP contribution < -0.4 is 11.1 Å². The quantitative estimate of drug-likeness (QED) is 0.830. The second-order valence-electron chi connectivity index (χ2n) is 4.82. The molecule has 5 nitrogen and oxygen atoms in total. The minimum absolute atomic E-state index is 0.0384. The molecule has 1 aromatic rings. The SMILES string of the molecule is CCCc1c(N)ncnc1NC1(C)CCOC1. The monoisotopic (exact) mass is 236 g/mol. The zero-order valence-corrected chi connectivity index (χ0v) is 10.5. The summed E-state index contributed by atoms with van der Waals surface area (Å²) >= 11 is 0. The lowest BCUT2D eigenvalue weighted by Crippen LogP contribution is -2.36. The van der Waals surface area contributed by atoms with Gasteiger partial charge in [-0.15, -0.1) is 0 Å². The van der Waals surface area contributed by atoms with E-state index in [0.717, 1.165) is 37.3 Å². The Morgan fingerprint density at radius 3 is 3.00 bits per heavy atom. The number of nitrogens with one attached hydrogen (secondary N) is 1. The standard InChI is InChI=1S/C12H20N4O/c1-3-4-9-10(13)14-8-15-11(9)16-12(2)5-6-17-7-12/h8H,3-7H2,1-2H3,(H3,13,14,15,16). The Hall–Kier alpha value is -1.36. The first-order valence-corrected chi connectivity index (χ1v) is 6.10. The van der Waals surface area contributed by atoms with Gasteiger partial charge in [0.05, 0.1) is 12.1 Å². The van der Waals surface area contributed by atoms with E-state index in [1.807, 2.05) is 0 Å². The van der Waals surface area contributed by atoms with Gasteiger partial charge in [-0.3, -0.25) is 0 Å². The van der Waals surface area contributed by atoms with E-state index in [0.29, 0.717) is 12.4 Å². The highest BCUT2D eigenvalue weighted by atomic mass is 16.5. The van der Waals surface area contributed by atoms with Crippen LogP contribution in [0.25, 0.3) is 0 Å². The molecule has 1 fully saturated rings. The average molecular weight is 236 g/mol. The Morgan fingerprint density at radius 2 is 2.35 bits per heavy atom. The molecule has 0 radical (unpaired) electrons. The summed E-state index contributed by atoms with van der Waals surface area (Å²) in [7, 11) is 0. The van der Waals surface area contributed by atoms with Crippen molar-refractivity contribution in [3.63, 3.8) is 0 Å². The maximum Gasteiger partial charge on any atom is 0.135 e. The molecule has 0 saturated carbocycles. The Kier molecular flexibility index (Phi) is 3.47. The summed E-state index contributed by atoms with van der Waals surface area (Å²) in [5.41, 5.74) is 6.88. The van der Waals surface area contributed by atoms with Gasteiger partial charge in [-0.25, -0.2) is 9.97 Å². The first-order valence-electron chi connectivity index (χ1n) is 6.10. The average Bonchev–Trinajstić information content (AvgIpc) is 2.70. The van der Waals surface area contributed by atoms with Gasteiger partial charge in [0.15, 0.2) is 0 Å². The van der Waals surface area contributed by atoms with Crippen molar-refractivity contribution in [2.75, 3.05) is 24.3 Å². The molecule has 0 bridgehead atoms. The van der Waals surface area contributed by atoms with E-state index in [2.05, 4.69) is 29.1 Å². The van der Waals surface area contributed by atoms with Gasteiger partial charge in [0.25, 0.3) is 0 Å². The zero-order valence-electron chi connectivity index (χ0n) is 10.5. The van der Waals surface area contributed by atoms with Crippen molar-refractivity contribution in [3.8, 4) is 0 Å². The molecule has 2 heterocycles. The Morgan fingerprint density at radius 1 is 1.53 bits per heavy atom. The van der Waals surface area contributed by atoms with E-state index in [-0.39, 0.29) is 5.54 Å². The van der Waals surface area contributed by atoms with Crippen LogP contribution in [0.1, 0.15) is 32.3 Å². The molecule has 94 valence electrons. The van der Waals surface area contributed by atoms with Crippen molar-refractivity contribution in [2.45, 2.75) is 38.6 Å². The van der Waals surface area contributed by atoms with E-state index >= 15 is 0 Å². The number of ether oxygens (including phenoxy) is 1. The summed E-state index contributed by atoms with van der Waals surface area (Å²) in [6.45, 7) is 5.78. The lowest BCUT2D eigenvalue weighted by atomic mass is 10.0. The Bertz CT molecular complexity index is 388. The lowest BCUT2D eigenvalue weighted by molar-refractivity contribution is 0.185. The van der Waals surface area contributed by atoms with Gasteiger partial charge in [-0.1, -0.05) is 13.3 Å². The molecule has 1 unspecified atom stereocenters. The highest BCUT2D eigenvalue weighted by Gasteiger charge is 2.30. The molecule has 1 saturated heterocycles. The summed E-state index contributed by atoms with van der Waals surface area (Å²) in [5.74, 6) is 1.43. The van der Waals surface area contributed by atoms with Crippen LogP contribution in [0.4, 0.5) is 11.6 Å². The molecule has 0 aromatic carbocycles. The number of hydrogen-bond acceptors (Lipinski definition) is 5. The van der Waals surface area contributed by atoms with Crippen LogP contribution in [0.2, 0.25) is 0 Å². The predicted octanol–water partition coefficient (Wildman–Crippen LogP) is 1.60. The Balaban J connectivity index is 2.22. The van der Waals surface area contributed by atoms with Crippen LogP contribution in [0.15, 0.2) is 6.33 Å². The van der Waals surface area contributed by atoms with Crippen molar-refractivity contribution in [1.82, 2.24) is 9.97 Å². The molecule has 5 heteroatoms. The molecule has 0 spiro atoms. The number of nitrogens with zero attached hydrogens (tertiary/aromatic N) is 2. The number of nitrogens with two attached hydrogens (primary N) is 1. The molecule has 1 aromatic heterocycles. The van der Waals surface area contributed by atoms with E-state index in [1.165, 1.54) is 6.33 Å². The number of aromatic nitrogens is 2. The summed E-state index contributed by atoms with van der Waals surface area (Å²) < 4.78 is 5.43. The maximum absolute atomic E-state index is 5.90. The highest BCUT2D eigenvalue weighted by molar-refractivity contribution is 5.56. The minimum atomic E-state index is -0.0384. The number of hydrogen-bond donors (Lipinski definition) is 2. The van der Waals surface area contributed by atoms with Gasteiger partial charge in [-0.2, -0.15) is 0 Å². The third-order valence-electron chi connectivity index (χ3n) is 3.12. The Labute approximate surface area is 102 Å². The fourth-order valence-electron chi connectivity index (χ4n) is 2.08. The van der Waals surface area contributed by atoms with E-state index in [1.54, 1.807) is 0 Å². The number of anilines is 2. The van der Waals surface area contributed by atoms with Crippen molar-refractivity contribution in [2.24, 2.45) is 0 Å². The van der Waals surface area contributed by atoms with Crippen molar-refractivity contribution >= 4 is 11.6 Å². The molecule has 1 aliphatic rings. The highest BCUT2D eigenvalue weighted by Crippen LogP contribution is 2.26. The summed E-state index contributed by atoms with van der Waals surface area (Å²) in [5, 5.41) is 3.46. The zero-order chi connectivity index (χ0) is 12.3.